The lowest BCUT2D eigenvalue weighted by Crippen LogP contribution is -2.57. The molecule has 1 aliphatic heterocycles. The van der Waals surface area contributed by atoms with Crippen LogP contribution in [0.3, 0.4) is 0 Å². The first-order chi connectivity index (χ1) is 19.7. The van der Waals surface area contributed by atoms with Crippen molar-refractivity contribution in [3.05, 3.63) is 71.9 Å². The molecule has 0 radical (unpaired) electrons. The monoisotopic (exact) mass is 561 g/mol. The van der Waals surface area contributed by atoms with E-state index in [2.05, 4.69) is 33.0 Å². The molecule has 2 N–H and O–H groups in total. The Hall–Kier alpha value is -4.14. The minimum atomic E-state index is -0.755. The van der Waals surface area contributed by atoms with Gasteiger partial charge in [0.05, 0.1) is 54.3 Å². The van der Waals surface area contributed by atoms with Crippen LogP contribution in [0.1, 0.15) is 38.6 Å². The van der Waals surface area contributed by atoms with Crippen LogP contribution in [0, 0.1) is 28.9 Å². The molecule has 5 rings (SSSR count). The molecule has 1 aliphatic rings. The van der Waals surface area contributed by atoms with E-state index in [1.165, 1.54) is 12.1 Å². The zero-order chi connectivity index (χ0) is 29.1. The lowest BCUT2D eigenvalue weighted by Gasteiger charge is -2.42. The Bertz CT molecular complexity index is 1530. The molecule has 0 unspecified atom stereocenters. The van der Waals surface area contributed by atoms with Crippen LogP contribution >= 0.6 is 0 Å². The van der Waals surface area contributed by atoms with E-state index in [0.29, 0.717) is 37.3 Å². The Balaban J connectivity index is 1.41. The van der Waals surface area contributed by atoms with Gasteiger partial charge in [0.2, 0.25) is 0 Å². The largest absolute Gasteiger partial charge is 0.491 e. The molecule has 0 amide bonds. The second-order valence-corrected chi connectivity index (χ2v) is 10.6. The van der Waals surface area contributed by atoms with Gasteiger partial charge in [-0.3, -0.25) is 4.98 Å². The molecule has 0 bridgehead atoms. The summed E-state index contributed by atoms with van der Waals surface area (Å²) >= 11 is 0. The maximum atomic E-state index is 15.0. The van der Waals surface area contributed by atoms with Gasteiger partial charge in [-0.2, -0.15) is 10.4 Å². The molecule has 1 fully saturated rings. The molecule has 0 aliphatic carbocycles. The van der Waals surface area contributed by atoms with Crippen LogP contribution in [0.4, 0.5) is 14.5 Å². The number of hydrogen-bond acceptors (Lipinski definition) is 8. The van der Waals surface area contributed by atoms with Gasteiger partial charge >= 0.3 is 0 Å². The highest BCUT2D eigenvalue weighted by atomic mass is 19.1. The Morgan fingerprint density at radius 2 is 1.93 bits per heavy atom. The molecule has 3 atom stereocenters. The predicted molar refractivity (Wildman–Crippen MR) is 150 cm³/mol. The number of pyridine rings is 1. The van der Waals surface area contributed by atoms with E-state index in [0.717, 1.165) is 17.8 Å². The first-order valence-electron chi connectivity index (χ1n) is 13.7. The van der Waals surface area contributed by atoms with Gasteiger partial charge in [0.1, 0.15) is 23.2 Å². The molecule has 4 heterocycles. The fourth-order valence-electron chi connectivity index (χ4n) is 5.39. The van der Waals surface area contributed by atoms with Gasteiger partial charge in [0.15, 0.2) is 0 Å². The molecule has 1 saturated heterocycles. The summed E-state index contributed by atoms with van der Waals surface area (Å²) in [7, 11) is 0. The highest BCUT2D eigenvalue weighted by Crippen LogP contribution is 2.31. The number of nitriles is 1. The number of nitrogens with two attached hydrogens (primary N) is 1. The fraction of sp³-hybridized carbons (Fsp3) is 0.400. The lowest BCUT2D eigenvalue weighted by atomic mass is 9.91. The summed E-state index contributed by atoms with van der Waals surface area (Å²) in [5.74, 6) is -0.636. The Labute approximate surface area is 237 Å². The minimum Gasteiger partial charge on any atom is -0.491 e. The predicted octanol–water partition coefficient (Wildman–Crippen LogP) is 4.53. The summed E-state index contributed by atoms with van der Waals surface area (Å²) < 4.78 is 43.0. The van der Waals surface area contributed by atoms with E-state index in [1.807, 2.05) is 6.07 Å². The van der Waals surface area contributed by atoms with E-state index in [4.69, 9.17) is 20.5 Å². The maximum Gasteiger partial charge on any atom is 0.139 e. The van der Waals surface area contributed by atoms with Crippen molar-refractivity contribution >= 4 is 11.2 Å². The van der Waals surface area contributed by atoms with Crippen LogP contribution in [0.25, 0.3) is 16.8 Å². The molecule has 4 aromatic rings. The van der Waals surface area contributed by atoms with Crippen molar-refractivity contribution in [3.8, 4) is 23.1 Å². The zero-order valence-corrected chi connectivity index (χ0v) is 23.3. The Kier molecular flexibility index (Phi) is 8.42. The van der Waals surface area contributed by atoms with Crippen LogP contribution in [-0.4, -0.2) is 57.5 Å². The molecule has 41 heavy (non-hydrogen) atoms. The highest BCUT2D eigenvalue weighted by molar-refractivity contribution is 5.64. The Morgan fingerprint density at radius 3 is 2.63 bits per heavy atom. The number of benzene rings is 1. The second kappa shape index (κ2) is 12.2. The van der Waals surface area contributed by atoms with Crippen LogP contribution in [0.2, 0.25) is 0 Å². The molecule has 1 aromatic carbocycles. The number of nitrogens with zero attached hydrogens (tertiary/aromatic N) is 6. The second-order valence-electron chi connectivity index (χ2n) is 10.6. The molecule has 11 heteroatoms. The number of anilines is 1. The molecule has 0 spiro atoms. The van der Waals surface area contributed by atoms with Crippen LogP contribution < -0.4 is 15.4 Å². The topological polar surface area (TPSA) is 115 Å². The summed E-state index contributed by atoms with van der Waals surface area (Å²) in [6.07, 6.45) is 5.59. The van der Waals surface area contributed by atoms with Crippen LogP contribution in [-0.2, 0) is 11.2 Å². The number of piperidine rings is 1. The van der Waals surface area contributed by atoms with Gasteiger partial charge in [-0.1, -0.05) is 6.92 Å². The van der Waals surface area contributed by atoms with Crippen molar-refractivity contribution in [3.63, 3.8) is 0 Å². The number of halogens is 2. The summed E-state index contributed by atoms with van der Waals surface area (Å²) in [4.78, 5) is 11.1. The number of ether oxygens (including phenoxy) is 2. The number of aromatic nitrogens is 4. The quantitative estimate of drug-likeness (QED) is 0.297. The van der Waals surface area contributed by atoms with E-state index in [1.54, 1.807) is 49.1 Å². The third-order valence-corrected chi connectivity index (χ3v) is 7.11. The molecule has 214 valence electrons. The standard InChI is InChI=1S/C30H33F2N7O2/c1-18(2)41-22-12-23(31)29(24(32)13-22)26-6-5-21-15-36-28(39(21)37-26)11-20-14-35-9-7-27(20)38-16-19(3)30(25(34)17-38)40-10-4-8-33/h5-7,9,12-15,18-19,25,30H,4,10-11,16-17,34H2,1-3H3/t19-,25+,30-/m0/s1. The van der Waals surface area contributed by atoms with Gasteiger partial charge in [-0.15, -0.1) is 0 Å². The van der Waals surface area contributed by atoms with Gasteiger partial charge < -0.3 is 20.1 Å². The summed E-state index contributed by atoms with van der Waals surface area (Å²) in [6, 6.07) is 9.48. The third kappa shape index (κ3) is 6.14. The van der Waals surface area contributed by atoms with Crippen LogP contribution in [0.5, 0.6) is 5.75 Å². The van der Waals surface area contributed by atoms with Gasteiger partial charge in [0, 0.05) is 67.2 Å². The number of fused-ring (bicyclic) bond motifs is 1. The normalized spacial score (nSPS) is 19.1. The smallest absolute Gasteiger partial charge is 0.139 e. The first kappa shape index (κ1) is 28.4. The van der Waals surface area contributed by atoms with E-state index in [9.17, 15) is 0 Å². The molecule has 3 aromatic heterocycles. The van der Waals surface area contributed by atoms with Gasteiger partial charge in [-0.25, -0.2) is 18.3 Å². The van der Waals surface area contributed by atoms with Crippen LogP contribution in [0.15, 0.2) is 48.9 Å². The summed E-state index contributed by atoms with van der Waals surface area (Å²) in [5, 5.41) is 13.4. The van der Waals surface area contributed by atoms with E-state index >= 15 is 8.78 Å². The lowest BCUT2D eigenvalue weighted by molar-refractivity contribution is -0.00335. The van der Waals surface area contributed by atoms with Crippen molar-refractivity contribution in [2.75, 3.05) is 24.6 Å². The average molecular weight is 562 g/mol. The third-order valence-electron chi connectivity index (χ3n) is 7.11. The minimum absolute atomic E-state index is 0.124. The molecule has 9 nitrogen and oxygen atoms in total. The molecular formula is C30H33F2N7O2. The van der Waals surface area contributed by atoms with Gasteiger partial charge in [-0.05, 0) is 32.0 Å². The van der Waals surface area contributed by atoms with E-state index in [-0.39, 0.29) is 41.2 Å². The summed E-state index contributed by atoms with van der Waals surface area (Å²) in [5.41, 5.74) is 9.02. The number of imidazole rings is 1. The van der Waals surface area contributed by atoms with Crippen molar-refractivity contribution < 1.29 is 18.3 Å². The number of hydrogen-bond donors (Lipinski definition) is 1. The maximum absolute atomic E-state index is 15.0. The zero-order valence-electron chi connectivity index (χ0n) is 23.3. The highest BCUT2D eigenvalue weighted by Gasteiger charge is 2.34. The van der Waals surface area contributed by atoms with Crippen molar-refractivity contribution in [1.82, 2.24) is 19.6 Å². The van der Waals surface area contributed by atoms with Crippen molar-refractivity contribution in [2.24, 2.45) is 11.7 Å². The SMILES string of the molecule is CC(C)Oc1cc(F)c(-c2ccc3cnc(Cc4cnccc4N4C[C@@H](N)[C@@H](OCCC#N)[C@@H](C)C4)n3n2)c(F)c1. The van der Waals surface area contributed by atoms with E-state index < -0.39 is 11.6 Å². The van der Waals surface area contributed by atoms with Gasteiger partial charge in [0.25, 0.3) is 0 Å². The Morgan fingerprint density at radius 1 is 1.15 bits per heavy atom. The fourth-order valence-corrected chi connectivity index (χ4v) is 5.39. The summed E-state index contributed by atoms with van der Waals surface area (Å²) in [6.45, 7) is 7.35. The number of rotatable bonds is 9. The average Bonchev–Trinajstić information content (AvgIpc) is 3.31. The molecular weight excluding hydrogens is 528 g/mol. The molecule has 0 saturated carbocycles. The van der Waals surface area contributed by atoms with Crippen molar-refractivity contribution in [1.29, 1.82) is 5.26 Å². The van der Waals surface area contributed by atoms with Crippen molar-refractivity contribution in [2.45, 2.75) is 51.9 Å². The first-order valence-corrected chi connectivity index (χ1v) is 13.7.